The number of rotatable bonds is 3. The van der Waals surface area contributed by atoms with E-state index < -0.39 is 0 Å². The monoisotopic (exact) mass is 244 g/mol. The first-order valence-electron chi connectivity index (χ1n) is 6.78. The minimum Gasteiger partial charge on any atom is -0.341 e. The van der Waals surface area contributed by atoms with Gasteiger partial charge in [0.1, 0.15) is 0 Å². The fraction of sp³-hybridized carbons (Fsp3) is 0.533. The lowest BCUT2D eigenvalue weighted by Crippen LogP contribution is -2.38. The second-order valence-electron chi connectivity index (χ2n) is 5.74. The molecule has 1 atom stereocenters. The number of likely N-dealkylation sites (tertiary alicyclic amines) is 1. The van der Waals surface area contributed by atoms with Gasteiger partial charge >= 0.3 is 0 Å². The SMILES string of the molecule is N[C@@H]1CCN(C(=O)C2(Cc3ccccc3)CC2)C1. The molecule has 18 heavy (non-hydrogen) atoms. The van der Waals surface area contributed by atoms with Crippen LogP contribution in [0, 0.1) is 5.41 Å². The first-order valence-corrected chi connectivity index (χ1v) is 6.78. The minimum absolute atomic E-state index is 0.106. The van der Waals surface area contributed by atoms with E-state index >= 15 is 0 Å². The summed E-state index contributed by atoms with van der Waals surface area (Å²) in [5.41, 5.74) is 7.05. The van der Waals surface area contributed by atoms with E-state index in [2.05, 4.69) is 12.1 Å². The molecule has 0 radical (unpaired) electrons. The molecule has 2 N–H and O–H groups in total. The Morgan fingerprint density at radius 1 is 1.33 bits per heavy atom. The number of nitrogens with two attached hydrogens (primary N) is 1. The van der Waals surface area contributed by atoms with Crippen LogP contribution in [0.25, 0.3) is 0 Å². The Hall–Kier alpha value is -1.35. The molecule has 3 rings (SSSR count). The molecule has 1 aromatic carbocycles. The van der Waals surface area contributed by atoms with Crippen molar-refractivity contribution < 1.29 is 4.79 Å². The van der Waals surface area contributed by atoms with E-state index in [4.69, 9.17) is 5.73 Å². The molecule has 2 fully saturated rings. The van der Waals surface area contributed by atoms with Crippen LogP contribution in [0.15, 0.2) is 30.3 Å². The maximum Gasteiger partial charge on any atom is 0.229 e. The van der Waals surface area contributed by atoms with E-state index in [1.54, 1.807) is 0 Å². The highest BCUT2D eigenvalue weighted by Gasteiger charge is 2.51. The molecule has 1 amide bonds. The number of carbonyl (C=O) groups excluding carboxylic acids is 1. The number of nitrogens with zero attached hydrogens (tertiary/aromatic N) is 1. The summed E-state index contributed by atoms with van der Waals surface area (Å²) < 4.78 is 0. The Bertz CT molecular complexity index is 439. The standard InChI is InChI=1S/C15H20N2O/c16-13-6-9-17(11-13)14(18)15(7-8-15)10-12-4-2-1-3-5-12/h1-5,13H,6-11,16H2/t13-/m1/s1. The van der Waals surface area contributed by atoms with Gasteiger partial charge in [-0.1, -0.05) is 30.3 Å². The van der Waals surface area contributed by atoms with Crippen LogP contribution in [-0.4, -0.2) is 29.9 Å². The van der Waals surface area contributed by atoms with Crippen molar-refractivity contribution in [3.8, 4) is 0 Å². The summed E-state index contributed by atoms with van der Waals surface area (Å²) >= 11 is 0. The average Bonchev–Trinajstić information content (AvgIpc) is 3.03. The summed E-state index contributed by atoms with van der Waals surface area (Å²) in [6.07, 6.45) is 3.91. The third-order valence-corrected chi connectivity index (χ3v) is 4.20. The maximum absolute atomic E-state index is 12.5. The summed E-state index contributed by atoms with van der Waals surface area (Å²) in [4.78, 5) is 14.5. The smallest absolute Gasteiger partial charge is 0.229 e. The zero-order valence-corrected chi connectivity index (χ0v) is 10.6. The van der Waals surface area contributed by atoms with Crippen LogP contribution < -0.4 is 5.73 Å². The molecule has 3 nitrogen and oxygen atoms in total. The zero-order chi connectivity index (χ0) is 12.6. The fourth-order valence-corrected chi connectivity index (χ4v) is 2.91. The van der Waals surface area contributed by atoms with Gasteiger partial charge in [0, 0.05) is 19.1 Å². The molecular weight excluding hydrogens is 224 g/mol. The van der Waals surface area contributed by atoms with Gasteiger partial charge in [-0.25, -0.2) is 0 Å². The van der Waals surface area contributed by atoms with Crippen molar-refractivity contribution in [1.29, 1.82) is 0 Å². The molecule has 1 aliphatic carbocycles. The first-order chi connectivity index (χ1) is 8.70. The van der Waals surface area contributed by atoms with Gasteiger partial charge in [-0.2, -0.15) is 0 Å². The molecule has 1 saturated carbocycles. The Labute approximate surface area is 108 Å². The third-order valence-electron chi connectivity index (χ3n) is 4.20. The quantitative estimate of drug-likeness (QED) is 0.877. The number of carbonyl (C=O) groups is 1. The molecule has 96 valence electrons. The second kappa shape index (κ2) is 4.39. The van der Waals surface area contributed by atoms with Gasteiger partial charge in [-0.3, -0.25) is 4.79 Å². The van der Waals surface area contributed by atoms with Crippen LogP contribution in [0.1, 0.15) is 24.8 Å². The molecule has 0 spiro atoms. The normalized spacial score (nSPS) is 25.2. The lowest BCUT2D eigenvalue weighted by atomic mass is 9.95. The van der Waals surface area contributed by atoms with Crippen molar-refractivity contribution in [3.63, 3.8) is 0 Å². The van der Waals surface area contributed by atoms with E-state index in [9.17, 15) is 4.79 Å². The Balaban J connectivity index is 1.69. The highest BCUT2D eigenvalue weighted by atomic mass is 16.2. The van der Waals surface area contributed by atoms with E-state index in [0.717, 1.165) is 38.8 Å². The Morgan fingerprint density at radius 2 is 2.06 bits per heavy atom. The molecule has 1 aliphatic heterocycles. The van der Waals surface area contributed by atoms with Gasteiger partial charge in [-0.05, 0) is 31.2 Å². The number of hydrogen-bond acceptors (Lipinski definition) is 2. The van der Waals surface area contributed by atoms with Gasteiger partial charge in [0.15, 0.2) is 0 Å². The molecule has 3 heteroatoms. The lowest BCUT2D eigenvalue weighted by molar-refractivity contribution is -0.135. The second-order valence-corrected chi connectivity index (χ2v) is 5.74. The molecule has 0 unspecified atom stereocenters. The summed E-state index contributed by atoms with van der Waals surface area (Å²) in [6, 6.07) is 10.5. The fourth-order valence-electron chi connectivity index (χ4n) is 2.91. The van der Waals surface area contributed by atoms with Crippen molar-refractivity contribution in [3.05, 3.63) is 35.9 Å². The Morgan fingerprint density at radius 3 is 2.61 bits per heavy atom. The molecule has 1 aromatic rings. The van der Waals surface area contributed by atoms with Crippen LogP contribution in [0.3, 0.4) is 0 Å². The van der Waals surface area contributed by atoms with E-state index in [0.29, 0.717) is 5.91 Å². The molecule has 0 aromatic heterocycles. The van der Waals surface area contributed by atoms with Crippen molar-refractivity contribution >= 4 is 5.91 Å². The van der Waals surface area contributed by atoms with Gasteiger partial charge in [0.05, 0.1) is 5.41 Å². The van der Waals surface area contributed by atoms with Gasteiger partial charge in [-0.15, -0.1) is 0 Å². The summed E-state index contributed by atoms with van der Waals surface area (Å²) in [5.74, 6) is 0.333. The van der Waals surface area contributed by atoms with Crippen molar-refractivity contribution in [2.45, 2.75) is 31.7 Å². The maximum atomic E-state index is 12.5. The molecule has 2 aliphatic rings. The van der Waals surface area contributed by atoms with E-state index in [-0.39, 0.29) is 11.5 Å². The third kappa shape index (κ3) is 2.15. The average molecular weight is 244 g/mol. The Kier molecular flexibility index (Phi) is 2.86. The van der Waals surface area contributed by atoms with Crippen molar-refractivity contribution in [2.75, 3.05) is 13.1 Å². The molecule has 0 bridgehead atoms. The van der Waals surface area contributed by atoms with Crippen LogP contribution in [0.2, 0.25) is 0 Å². The van der Waals surface area contributed by atoms with E-state index in [1.165, 1.54) is 5.56 Å². The van der Waals surface area contributed by atoms with E-state index in [1.807, 2.05) is 23.1 Å². The highest BCUT2D eigenvalue weighted by molar-refractivity contribution is 5.86. The van der Waals surface area contributed by atoms with Crippen LogP contribution in [0.5, 0.6) is 0 Å². The van der Waals surface area contributed by atoms with Crippen LogP contribution in [0.4, 0.5) is 0 Å². The molecule has 1 saturated heterocycles. The van der Waals surface area contributed by atoms with Crippen molar-refractivity contribution in [2.24, 2.45) is 11.1 Å². The van der Waals surface area contributed by atoms with Gasteiger partial charge in [0.2, 0.25) is 5.91 Å². The van der Waals surface area contributed by atoms with Gasteiger partial charge < -0.3 is 10.6 Å². The minimum atomic E-state index is -0.106. The van der Waals surface area contributed by atoms with Crippen LogP contribution >= 0.6 is 0 Å². The first kappa shape index (κ1) is 11.7. The number of amides is 1. The zero-order valence-electron chi connectivity index (χ0n) is 10.6. The predicted molar refractivity (Wildman–Crippen MR) is 71.0 cm³/mol. The molecular formula is C15H20N2O. The largest absolute Gasteiger partial charge is 0.341 e. The predicted octanol–water partition coefficient (Wildman–Crippen LogP) is 1.57. The highest BCUT2D eigenvalue weighted by Crippen LogP contribution is 2.50. The van der Waals surface area contributed by atoms with Gasteiger partial charge in [0.25, 0.3) is 0 Å². The van der Waals surface area contributed by atoms with Crippen LogP contribution in [-0.2, 0) is 11.2 Å². The lowest BCUT2D eigenvalue weighted by Gasteiger charge is -2.23. The summed E-state index contributed by atoms with van der Waals surface area (Å²) in [5, 5.41) is 0. The number of hydrogen-bond donors (Lipinski definition) is 1. The number of benzene rings is 1. The topological polar surface area (TPSA) is 46.3 Å². The summed E-state index contributed by atoms with van der Waals surface area (Å²) in [6.45, 7) is 1.59. The molecule has 1 heterocycles. The summed E-state index contributed by atoms with van der Waals surface area (Å²) in [7, 11) is 0. The van der Waals surface area contributed by atoms with Crippen molar-refractivity contribution in [1.82, 2.24) is 4.90 Å².